The van der Waals surface area contributed by atoms with Crippen LogP contribution in [0.4, 0.5) is 0 Å². The van der Waals surface area contributed by atoms with Gasteiger partial charge in [-0.1, -0.05) is 78.5 Å². The number of hydrogen-bond donors (Lipinski definition) is 0. The minimum Gasteiger partial charge on any atom is -0.493 e. The average Bonchev–Trinajstić information content (AvgIpc) is 3.22. The molecule has 1 heterocycles. The third kappa shape index (κ3) is 4.35. The van der Waals surface area contributed by atoms with Crippen molar-refractivity contribution >= 4 is 11.8 Å². The maximum atomic E-state index is 6.03. The first-order chi connectivity index (χ1) is 14.3. The zero-order chi connectivity index (χ0) is 20.1. The number of para-hydroxylation sites is 1. The Kier molecular flexibility index (Phi) is 5.96. The van der Waals surface area contributed by atoms with E-state index in [0.717, 1.165) is 11.3 Å². The number of ether oxygens (including phenoxy) is 1. The minimum absolute atomic E-state index is 0.0628. The lowest BCUT2D eigenvalue weighted by Gasteiger charge is -2.17. The van der Waals surface area contributed by atoms with E-state index in [0.29, 0.717) is 17.7 Å². The molecule has 0 saturated carbocycles. The summed E-state index contributed by atoms with van der Waals surface area (Å²) in [5.74, 6) is 1.21. The number of benzene rings is 3. The summed E-state index contributed by atoms with van der Waals surface area (Å²) in [4.78, 5) is 0. The fraction of sp³-hybridized carbons (Fsp3) is 0.167. The van der Waals surface area contributed by atoms with Crippen LogP contribution < -0.4 is 4.74 Å². The summed E-state index contributed by atoms with van der Waals surface area (Å²) in [5, 5.41) is 9.17. The molecule has 5 heteroatoms. The van der Waals surface area contributed by atoms with Gasteiger partial charge in [-0.05, 0) is 42.7 Å². The van der Waals surface area contributed by atoms with Crippen LogP contribution in [0.25, 0.3) is 11.5 Å². The monoisotopic (exact) mass is 402 g/mol. The molecular formula is C24H22N2O2S. The second kappa shape index (κ2) is 8.97. The van der Waals surface area contributed by atoms with E-state index in [1.807, 2.05) is 37.3 Å². The molecule has 29 heavy (non-hydrogen) atoms. The van der Waals surface area contributed by atoms with Gasteiger partial charge in [-0.25, -0.2) is 0 Å². The van der Waals surface area contributed by atoms with E-state index in [-0.39, 0.29) is 5.25 Å². The average molecular weight is 403 g/mol. The van der Waals surface area contributed by atoms with Crippen molar-refractivity contribution in [1.29, 1.82) is 0 Å². The fourth-order valence-electron chi connectivity index (χ4n) is 3.21. The molecule has 0 aliphatic heterocycles. The van der Waals surface area contributed by atoms with Crippen LogP contribution in [0.3, 0.4) is 0 Å². The van der Waals surface area contributed by atoms with Gasteiger partial charge < -0.3 is 9.15 Å². The summed E-state index contributed by atoms with van der Waals surface area (Å²) < 4.78 is 11.7. The smallest absolute Gasteiger partial charge is 0.277 e. The second-order valence-electron chi connectivity index (χ2n) is 6.57. The summed E-state index contributed by atoms with van der Waals surface area (Å²) in [5.41, 5.74) is 4.47. The summed E-state index contributed by atoms with van der Waals surface area (Å²) in [6.45, 7) is 4.66. The maximum Gasteiger partial charge on any atom is 0.277 e. The van der Waals surface area contributed by atoms with E-state index in [9.17, 15) is 0 Å². The van der Waals surface area contributed by atoms with Crippen molar-refractivity contribution in [3.05, 3.63) is 95.6 Å². The molecule has 0 saturated heterocycles. The predicted molar refractivity (Wildman–Crippen MR) is 116 cm³/mol. The molecule has 0 N–H and O–H groups in total. The first-order valence-corrected chi connectivity index (χ1v) is 10.5. The van der Waals surface area contributed by atoms with Gasteiger partial charge >= 0.3 is 0 Å². The Morgan fingerprint density at radius 2 is 1.62 bits per heavy atom. The summed E-state index contributed by atoms with van der Waals surface area (Å²) in [6.07, 6.45) is 0. The Hall–Kier alpha value is -3.05. The van der Waals surface area contributed by atoms with Crippen LogP contribution in [-0.4, -0.2) is 16.8 Å². The Morgan fingerprint density at radius 1 is 0.897 bits per heavy atom. The van der Waals surface area contributed by atoms with Gasteiger partial charge in [0.15, 0.2) is 0 Å². The molecule has 1 unspecified atom stereocenters. The van der Waals surface area contributed by atoms with E-state index in [1.165, 1.54) is 16.7 Å². The predicted octanol–water partition coefficient (Wildman–Crippen LogP) is 6.33. The van der Waals surface area contributed by atoms with Crippen molar-refractivity contribution in [3.8, 4) is 17.2 Å². The molecule has 0 radical (unpaired) electrons. The third-order valence-electron chi connectivity index (χ3n) is 4.62. The molecule has 4 nitrogen and oxygen atoms in total. The molecule has 4 rings (SSSR count). The maximum absolute atomic E-state index is 6.03. The SMILES string of the molecule is CCOc1ccccc1-c1nnc(SC(c2ccccc2)c2ccccc2C)o1. The molecule has 0 fully saturated rings. The Labute approximate surface area is 175 Å². The van der Waals surface area contributed by atoms with Gasteiger partial charge in [0.1, 0.15) is 5.75 Å². The van der Waals surface area contributed by atoms with E-state index >= 15 is 0 Å². The molecule has 0 aliphatic carbocycles. The third-order valence-corrected chi connectivity index (χ3v) is 5.74. The van der Waals surface area contributed by atoms with Gasteiger partial charge in [-0.3, -0.25) is 0 Å². The van der Waals surface area contributed by atoms with Crippen molar-refractivity contribution in [2.45, 2.75) is 24.3 Å². The van der Waals surface area contributed by atoms with Crippen LogP contribution in [0.5, 0.6) is 5.75 Å². The standard InChI is InChI=1S/C24H22N2O2S/c1-3-27-21-16-10-9-15-20(21)23-25-26-24(28-23)29-22(18-12-5-4-6-13-18)19-14-8-7-11-17(19)2/h4-16,22H,3H2,1-2H3. The molecule has 0 bridgehead atoms. The highest BCUT2D eigenvalue weighted by Crippen LogP contribution is 2.42. The minimum atomic E-state index is 0.0628. The summed E-state index contributed by atoms with van der Waals surface area (Å²) in [6, 6.07) is 26.5. The van der Waals surface area contributed by atoms with Crippen molar-refractivity contribution in [3.63, 3.8) is 0 Å². The summed E-state index contributed by atoms with van der Waals surface area (Å²) >= 11 is 1.56. The number of thioether (sulfide) groups is 1. The van der Waals surface area contributed by atoms with Crippen LogP contribution in [0.1, 0.15) is 28.9 Å². The van der Waals surface area contributed by atoms with E-state index in [1.54, 1.807) is 11.8 Å². The molecule has 146 valence electrons. The van der Waals surface area contributed by atoms with Gasteiger partial charge in [0, 0.05) is 0 Å². The van der Waals surface area contributed by atoms with Gasteiger partial charge in [0.05, 0.1) is 17.4 Å². The molecule has 3 aromatic carbocycles. The molecule has 1 atom stereocenters. The largest absolute Gasteiger partial charge is 0.493 e. The first kappa shape index (κ1) is 19.3. The lowest BCUT2D eigenvalue weighted by molar-refractivity contribution is 0.340. The van der Waals surface area contributed by atoms with E-state index in [2.05, 4.69) is 65.7 Å². The van der Waals surface area contributed by atoms with Crippen molar-refractivity contribution in [2.75, 3.05) is 6.61 Å². The molecule has 0 aliphatic rings. The molecular weight excluding hydrogens is 380 g/mol. The Balaban J connectivity index is 1.67. The van der Waals surface area contributed by atoms with E-state index < -0.39 is 0 Å². The van der Waals surface area contributed by atoms with Crippen LogP contribution in [0, 0.1) is 6.92 Å². The number of aromatic nitrogens is 2. The number of aryl methyl sites for hydroxylation is 1. The number of hydrogen-bond acceptors (Lipinski definition) is 5. The Morgan fingerprint density at radius 3 is 2.41 bits per heavy atom. The van der Waals surface area contributed by atoms with Crippen LogP contribution in [-0.2, 0) is 0 Å². The van der Waals surface area contributed by atoms with Gasteiger partial charge in [0.25, 0.3) is 11.1 Å². The zero-order valence-electron chi connectivity index (χ0n) is 16.4. The van der Waals surface area contributed by atoms with Crippen molar-refractivity contribution < 1.29 is 9.15 Å². The van der Waals surface area contributed by atoms with Crippen LogP contribution in [0.15, 0.2) is 88.5 Å². The van der Waals surface area contributed by atoms with Crippen molar-refractivity contribution in [1.82, 2.24) is 10.2 Å². The molecule has 1 aromatic heterocycles. The quantitative estimate of drug-likeness (QED) is 0.338. The number of nitrogens with zero attached hydrogens (tertiary/aromatic N) is 2. The fourth-order valence-corrected chi connectivity index (χ4v) is 4.31. The van der Waals surface area contributed by atoms with Gasteiger partial charge in [-0.2, -0.15) is 0 Å². The highest BCUT2D eigenvalue weighted by Gasteiger charge is 2.22. The van der Waals surface area contributed by atoms with Crippen molar-refractivity contribution in [2.24, 2.45) is 0 Å². The summed E-state index contributed by atoms with van der Waals surface area (Å²) in [7, 11) is 0. The van der Waals surface area contributed by atoms with Gasteiger partial charge in [-0.15, -0.1) is 10.2 Å². The molecule has 0 amide bonds. The zero-order valence-corrected chi connectivity index (χ0v) is 17.2. The second-order valence-corrected chi connectivity index (χ2v) is 7.62. The first-order valence-electron chi connectivity index (χ1n) is 9.59. The lowest BCUT2D eigenvalue weighted by Crippen LogP contribution is -1.99. The highest BCUT2D eigenvalue weighted by atomic mass is 32.2. The molecule has 4 aromatic rings. The van der Waals surface area contributed by atoms with E-state index in [4.69, 9.17) is 9.15 Å². The normalized spacial score (nSPS) is 11.9. The highest BCUT2D eigenvalue weighted by molar-refractivity contribution is 7.99. The topological polar surface area (TPSA) is 48.2 Å². The Bertz CT molecular complexity index is 1080. The lowest BCUT2D eigenvalue weighted by atomic mass is 10.0. The number of rotatable bonds is 7. The van der Waals surface area contributed by atoms with Gasteiger partial charge in [0.2, 0.25) is 0 Å². The molecule has 0 spiro atoms. The van der Waals surface area contributed by atoms with Crippen LogP contribution in [0.2, 0.25) is 0 Å². The van der Waals surface area contributed by atoms with Crippen LogP contribution >= 0.6 is 11.8 Å².